The summed E-state index contributed by atoms with van der Waals surface area (Å²) < 4.78 is 16.9. The molecule has 0 saturated heterocycles. The number of hydrogen-bond acceptors (Lipinski definition) is 6. The average Bonchev–Trinajstić information content (AvgIpc) is 3.31. The zero-order valence-corrected chi connectivity index (χ0v) is 17.8. The molecule has 162 valence electrons. The van der Waals surface area contributed by atoms with E-state index >= 15 is 0 Å². The Labute approximate surface area is 182 Å². The molecule has 4 rings (SSSR count). The molecule has 0 radical (unpaired) electrons. The predicted octanol–water partition coefficient (Wildman–Crippen LogP) is 5.40. The number of hydrogen-bond donors (Lipinski definition) is 1. The first kappa shape index (κ1) is 21.0. The number of allylic oxidation sites excluding steroid dienone is 1. The number of fused-ring (bicyclic) bond motifs is 1. The molecule has 1 fully saturated rings. The van der Waals surface area contributed by atoms with Crippen molar-refractivity contribution in [2.75, 3.05) is 0 Å². The van der Waals surface area contributed by atoms with Gasteiger partial charge in [-0.2, -0.15) is 5.26 Å². The number of esters is 1. The Kier molecular flexibility index (Phi) is 6.31. The van der Waals surface area contributed by atoms with Gasteiger partial charge in [0.15, 0.2) is 0 Å². The van der Waals surface area contributed by atoms with E-state index in [0.717, 1.165) is 37.2 Å². The van der Waals surface area contributed by atoms with Gasteiger partial charge in [-0.3, -0.25) is 4.79 Å². The Balaban J connectivity index is 1.47. The minimum absolute atomic E-state index is 0.0327. The molecule has 1 aromatic carbocycles. The van der Waals surface area contributed by atoms with Gasteiger partial charge in [0.1, 0.15) is 28.9 Å². The largest absolute Gasteiger partial charge is 0.468 e. The SMILES string of the molecule is CCCCC1CCC(C(=O)Oc2ccc3c(c2)OC(N)=C(C#N)C3c2ccco2)CC1. The summed E-state index contributed by atoms with van der Waals surface area (Å²) in [7, 11) is 0. The Morgan fingerprint density at radius 1 is 1.26 bits per heavy atom. The maximum Gasteiger partial charge on any atom is 0.314 e. The van der Waals surface area contributed by atoms with Crippen molar-refractivity contribution < 1.29 is 18.7 Å². The highest BCUT2D eigenvalue weighted by Crippen LogP contribution is 2.43. The molecule has 0 bridgehead atoms. The number of carbonyl (C=O) groups excluding carboxylic acids is 1. The summed E-state index contributed by atoms with van der Waals surface area (Å²) in [6, 6.07) is 10.9. The molecule has 1 aliphatic heterocycles. The molecular formula is C25H28N2O4. The van der Waals surface area contributed by atoms with E-state index in [1.807, 2.05) is 0 Å². The Hall–Kier alpha value is -3.20. The number of carbonyl (C=O) groups is 1. The number of nitrogens with two attached hydrogens (primary N) is 1. The summed E-state index contributed by atoms with van der Waals surface area (Å²) in [5, 5.41) is 9.56. The monoisotopic (exact) mass is 420 g/mol. The highest BCUT2D eigenvalue weighted by Gasteiger charge is 2.33. The van der Waals surface area contributed by atoms with Gasteiger partial charge in [-0.05, 0) is 49.8 Å². The van der Waals surface area contributed by atoms with Gasteiger partial charge in [-0.15, -0.1) is 0 Å². The van der Waals surface area contributed by atoms with E-state index in [1.54, 1.807) is 36.6 Å². The first-order chi connectivity index (χ1) is 15.1. The maximum absolute atomic E-state index is 12.7. The zero-order valence-electron chi connectivity index (χ0n) is 17.8. The van der Waals surface area contributed by atoms with Crippen LogP contribution in [0.3, 0.4) is 0 Å². The van der Waals surface area contributed by atoms with Gasteiger partial charge >= 0.3 is 5.97 Å². The topological polar surface area (TPSA) is 98.5 Å². The summed E-state index contributed by atoms with van der Waals surface area (Å²) >= 11 is 0. The lowest BCUT2D eigenvalue weighted by atomic mass is 9.80. The van der Waals surface area contributed by atoms with Crippen LogP contribution in [0.15, 0.2) is 52.5 Å². The normalized spacial score (nSPS) is 22.9. The van der Waals surface area contributed by atoms with Crippen molar-refractivity contribution in [1.82, 2.24) is 0 Å². The van der Waals surface area contributed by atoms with Crippen LogP contribution in [0.5, 0.6) is 11.5 Å². The van der Waals surface area contributed by atoms with Crippen LogP contribution < -0.4 is 15.2 Å². The molecule has 2 aromatic rings. The standard InChI is InChI=1S/C25H28N2O4/c1-2-3-5-16-7-9-17(10-8-16)25(28)30-18-11-12-19-22(14-18)31-24(27)20(15-26)23(19)21-6-4-13-29-21/h4,6,11-14,16-17,23H,2-3,5,7-10,27H2,1H3. The zero-order chi connectivity index (χ0) is 21.8. The van der Waals surface area contributed by atoms with Crippen LogP contribution in [-0.4, -0.2) is 5.97 Å². The lowest BCUT2D eigenvalue weighted by Crippen LogP contribution is -2.26. The second-order valence-corrected chi connectivity index (χ2v) is 8.42. The summed E-state index contributed by atoms with van der Waals surface area (Å²) in [6.07, 6.45) is 9.26. The minimum atomic E-state index is -0.452. The van der Waals surface area contributed by atoms with Crippen molar-refractivity contribution in [3.05, 3.63) is 59.4 Å². The summed E-state index contributed by atoms with van der Waals surface area (Å²) in [4.78, 5) is 12.7. The smallest absolute Gasteiger partial charge is 0.314 e. The first-order valence-electron chi connectivity index (χ1n) is 11.1. The van der Waals surface area contributed by atoms with Gasteiger partial charge in [0.2, 0.25) is 5.88 Å². The molecule has 1 unspecified atom stereocenters. The van der Waals surface area contributed by atoms with Gasteiger partial charge in [0.25, 0.3) is 0 Å². The Bertz CT molecular complexity index is 995. The van der Waals surface area contributed by atoms with Crippen LogP contribution in [0.4, 0.5) is 0 Å². The fraction of sp³-hybridized carbons (Fsp3) is 0.440. The van der Waals surface area contributed by atoms with E-state index in [1.165, 1.54) is 19.3 Å². The van der Waals surface area contributed by atoms with Crippen LogP contribution in [0.2, 0.25) is 0 Å². The third-order valence-corrected chi connectivity index (χ3v) is 6.38. The summed E-state index contributed by atoms with van der Waals surface area (Å²) in [5.74, 6) is 1.57. The van der Waals surface area contributed by atoms with Gasteiger partial charge in [0.05, 0.1) is 18.1 Å². The van der Waals surface area contributed by atoms with Crippen molar-refractivity contribution in [2.24, 2.45) is 17.6 Å². The van der Waals surface area contributed by atoms with Crippen molar-refractivity contribution in [3.63, 3.8) is 0 Å². The van der Waals surface area contributed by atoms with Crippen LogP contribution in [0.1, 0.15) is 69.1 Å². The molecule has 1 atom stereocenters. The van der Waals surface area contributed by atoms with Crippen molar-refractivity contribution in [1.29, 1.82) is 5.26 Å². The second-order valence-electron chi connectivity index (χ2n) is 8.42. The lowest BCUT2D eigenvalue weighted by molar-refractivity contribution is -0.140. The van der Waals surface area contributed by atoms with Crippen LogP contribution >= 0.6 is 0 Å². The molecule has 6 heteroatoms. The predicted molar refractivity (Wildman–Crippen MR) is 115 cm³/mol. The van der Waals surface area contributed by atoms with E-state index in [9.17, 15) is 10.1 Å². The molecule has 31 heavy (non-hydrogen) atoms. The molecule has 1 aromatic heterocycles. The average molecular weight is 421 g/mol. The van der Waals surface area contributed by atoms with Crippen LogP contribution in [0.25, 0.3) is 0 Å². The Morgan fingerprint density at radius 3 is 2.74 bits per heavy atom. The maximum atomic E-state index is 12.7. The van der Waals surface area contributed by atoms with Gasteiger partial charge in [-0.1, -0.05) is 32.3 Å². The molecule has 1 saturated carbocycles. The third-order valence-electron chi connectivity index (χ3n) is 6.38. The minimum Gasteiger partial charge on any atom is -0.468 e. The van der Waals surface area contributed by atoms with Crippen LogP contribution in [-0.2, 0) is 4.79 Å². The fourth-order valence-corrected chi connectivity index (χ4v) is 4.63. The number of nitrogens with zero attached hydrogens (tertiary/aromatic N) is 1. The first-order valence-corrected chi connectivity index (χ1v) is 11.1. The number of benzene rings is 1. The van der Waals surface area contributed by atoms with Crippen molar-refractivity contribution >= 4 is 5.97 Å². The van der Waals surface area contributed by atoms with Crippen molar-refractivity contribution in [3.8, 4) is 17.6 Å². The molecule has 0 spiro atoms. The molecule has 0 amide bonds. The fourth-order valence-electron chi connectivity index (χ4n) is 4.63. The summed E-state index contributed by atoms with van der Waals surface area (Å²) in [6.45, 7) is 2.21. The second kappa shape index (κ2) is 9.30. The highest BCUT2D eigenvalue weighted by atomic mass is 16.5. The van der Waals surface area contributed by atoms with Gasteiger partial charge in [-0.25, -0.2) is 0 Å². The van der Waals surface area contributed by atoms with Crippen molar-refractivity contribution in [2.45, 2.75) is 57.8 Å². The molecule has 1 aliphatic carbocycles. The van der Waals surface area contributed by atoms with E-state index in [0.29, 0.717) is 22.8 Å². The molecule has 2 heterocycles. The quantitative estimate of drug-likeness (QED) is 0.496. The number of nitriles is 1. The van der Waals surface area contributed by atoms with Crippen LogP contribution in [0, 0.1) is 23.2 Å². The molecule has 2 N–H and O–H groups in total. The van der Waals surface area contributed by atoms with E-state index in [2.05, 4.69) is 13.0 Å². The third kappa shape index (κ3) is 4.46. The van der Waals surface area contributed by atoms with E-state index in [-0.39, 0.29) is 17.8 Å². The number of furan rings is 1. The number of unbranched alkanes of at least 4 members (excludes halogenated alkanes) is 1. The molecule has 6 nitrogen and oxygen atoms in total. The molecule has 2 aliphatic rings. The highest BCUT2D eigenvalue weighted by molar-refractivity contribution is 5.75. The number of ether oxygens (including phenoxy) is 2. The Morgan fingerprint density at radius 2 is 2.06 bits per heavy atom. The lowest BCUT2D eigenvalue weighted by Gasteiger charge is -2.27. The molecular weight excluding hydrogens is 392 g/mol. The van der Waals surface area contributed by atoms with E-state index in [4.69, 9.17) is 19.6 Å². The summed E-state index contributed by atoms with van der Waals surface area (Å²) in [5.41, 5.74) is 7.05. The van der Waals surface area contributed by atoms with Gasteiger partial charge < -0.3 is 19.6 Å². The number of rotatable bonds is 6. The van der Waals surface area contributed by atoms with E-state index < -0.39 is 5.92 Å². The van der Waals surface area contributed by atoms with Gasteiger partial charge in [0, 0.05) is 11.6 Å².